The predicted molar refractivity (Wildman–Crippen MR) is 99.3 cm³/mol. The molecule has 1 aliphatic heterocycles. The second-order valence-electron chi connectivity index (χ2n) is 6.95. The van der Waals surface area contributed by atoms with Crippen molar-refractivity contribution in [3.05, 3.63) is 70.3 Å². The minimum absolute atomic E-state index is 0.169. The number of hydrogen-bond donors (Lipinski definition) is 1. The van der Waals surface area contributed by atoms with E-state index >= 15 is 0 Å². The third-order valence-electron chi connectivity index (χ3n) is 4.80. The second kappa shape index (κ2) is 6.75. The zero-order valence-electron chi connectivity index (χ0n) is 15.4. The molecule has 3 rings (SSSR count). The average Bonchev–Trinajstić information content (AvgIpc) is 2.85. The molecule has 0 saturated heterocycles. The molecule has 0 fully saturated rings. The van der Waals surface area contributed by atoms with Crippen molar-refractivity contribution in [3.8, 4) is 0 Å². The van der Waals surface area contributed by atoms with E-state index in [2.05, 4.69) is 31.3 Å². The second-order valence-corrected chi connectivity index (χ2v) is 6.95. The van der Waals surface area contributed by atoms with Gasteiger partial charge in [-0.05, 0) is 42.2 Å². The van der Waals surface area contributed by atoms with Crippen LogP contribution >= 0.6 is 0 Å². The van der Waals surface area contributed by atoms with Gasteiger partial charge in [0.2, 0.25) is 0 Å². The van der Waals surface area contributed by atoms with Crippen molar-refractivity contribution in [3.63, 3.8) is 0 Å². The van der Waals surface area contributed by atoms with Gasteiger partial charge in [0.25, 0.3) is 17.7 Å². The first kappa shape index (κ1) is 17.9. The molecule has 0 unspecified atom stereocenters. The number of hydrogen-bond acceptors (Lipinski definition) is 3. The van der Waals surface area contributed by atoms with Crippen molar-refractivity contribution >= 4 is 17.7 Å². The summed E-state index contributed by atoms with van der Waals surface area (Å²) in [6, 6.07) is 12.6. The zero-order valence-corrected chi connectivity index (χ0v) is 15.4. The Hall–Kier alpha value is -2.95. The lowest BCUT2D eigenvalue weighted by Crippen LogP contribution is -2.27. The molecule has 0 saturated carbocycles. The predicted octanol–water partition coefficient (Wildman–Crippen LogP) is 3.53. The fraction of sp³-hybridized carbons (Fsp3) is 0.286. The Bertz CT molecular complexity index is 885. The van der Waals surface area contributed by atoms with E-state index in [1.165, 1.54) is 24.7 Å². The van der Waals surface area contributed by atoms with Crippen LogP contribution in [0.15, 0.2) is 42.5 Å². The van der Waals surface area contributed by atoms with Gasteiger partial charge in [-0.3, -0.25) is 19.3 Å². The maximum atomic E-state index is 12.6. The van der Waals surface area contributed by atoms with E-state index in [1.54, 1.807) is 6.07 Å². The summed E-state index contributed by atoms with van der Waals surface area (Å²) in [5, 5.41) is 2.94. The fourth-order valence-electron chi connectivity index (χ4n) is 3.04. The number of amides is 3. The van der Waals surface area contributed by atoms with E-state index in [1.807, 2.05) is 19.1 Å². The quantitative estimate of drug-likeness (QED) is 0.858. The SMILES string of the molecule is CC(C)c1ccc([C@H](C)NC(=O)c2ccc3c(c2)C(=O)N(C)C3=O)cc1. The normalized spacial score (nSPS) is 14.6. The summed E-state index contributed by atoms with van der Waals surface area (Å²) in [5.41, 5.74) is 3.24. The van der Waals surface area contributed by atoms with Crippen molar-refractivity contribution in [1.82, 2.24) is 10.2 Å². The molecule has 0 aliphatic carbocycles. The van der Waals surface area contributed by atoms with Gasteiger partial charge < -0.3 is 5.32 Å². The van der Waals surface area contributed by atoms with Crippen LogP contribution in [0.4, 0.5) is 0 Å². The Morgan fingerprint density at radius 3 is 2.08 bits per heavy atom. The van der Waals surface area contributed by atoms with Crippen LogP contribution in [0.5, 0.6) is 0 Å². The van der Waals surface area contributed by atoms with Gasteiger partial charge in [-0.1, -0.05) is 38.1 Å². The molecule has 1 N–H and O–H groups in total. The van der Waals surface area contributed by atoms with Crippen molar-refractivity contribution in [2.75, 3.05) is 7.05 Å². The van der Waals surface area contributed by atoms with E-state index in [0.29, 0.717) is 17.0 Å². The highest BCUT2D eigenvalue weighted by atomic mass is 16.2. The zero-order chi connectivity index (χ0) is 19.0. The van der Waals surface area contributed by atoms with Crippen LogP contribution in [-0.4, -0.2) is 29.7 Å². The topological polar surface area (TPSA) is 66.5 Å². The van der Waals surface area contributed by atoms with Gasteiger partial charge in [-0.15, -0.1) is 0 Å². The van der Waals surface area contributed by atoms with Gasteiger partial charge >= 0.3 is 0 Å². The van der Waals surface area contributed by atoms with Crippen LogP contribution < -0.4 is 5.32 Å². The largest absolute Gasteiger partial charge is 0.346 e. The summed E-state index contributed by atoms with van der Waals surface area (Å²) in [6.07, 6.45) is 0. The lowest BCUT2D eigenvalue weighted by Gasteiger charge is -2.16. The van der Waals surface area contributed by atoms with Gasteiger partial charge in [0.15, 0.2) is 0 Å². The van der Waals surface area contributed by atoms with E-state index in [9.17, 15) is 14.4 Å². The highest BCUT2D eigenvalue weighted by molar-refractivity contribution is 6.21. The van der Waals surface area contributed by atoms with E-state index in [4.69, 9.17) is 0 Å². The first-order valence-electron chi connectivity index (χ1n) is 8.66. The summed E-state index contributed by atoms with van der Waals surface area (Å²) in [5.74, 6) is -0.533. The van der Waals surface area contributed by atoms with Crippen LogP contribution in [-0.2, 0) is 0 Å². The minimum atomic E-state index is -0.378. The highest BCUT2D eigenvalue weighted by Gasteiger charge is 2.33. The van der Waals surface area contributed by atoms with E-state index in [-0.39, 0.29) is 29.3 Å². The van der Waals surface area contributed by atoms with Gasteiger partial charge in [-0.2, -0.15) is 0 Å². The molecule has 1 heterocycles. The molecule has 5 nitrogen and oxygen atoms in total. The van der Waals surface area contributed by atoms with Crippen molar-refractivity contribution < 1.29 is 14.4 Å². The van der Waals surface area contributed by atoms with Gasteiger partial charge in [0.05, 0.1) is 17.2 Å². The van der Waals surface area contributed by atoms with Gasteiger partial charge in [0, 0.05) is 12.6 Å². The summed E-state index contributed by atoms with van der Waals surface area (Å²) in [4.78, 5) is 37.6. The Labute approximate surface area is 153 Å². The highest BCUT2D eigenvalue weighted by Crippen LogP contribution is 2.23. The summed E-state index contributed by atoms with van der Waals surface area (Å²) in [6.45, 7) is 6.19. The Morgan fingerprint density at radius 1 is 0.885 bits per heavy atom. The number of fused-ring (bicyclic) bond motifs is 1. The molecule has 0 radical (unpaired) electrons. The third-order valence-corrected chi connectivity index (χ3v) is 4.80. The minimum Gasteiger partial charge on any atom is -0.346 e. The lowest BCUT2D eigenvalue weighted by atomic mass is 9.99. The van der Waals surface area contributed by atoms with E-state index in [0.717, 1.165) is 10.5 Å². The molecule has 134 valence electrons. The van der Waals surface area contributed by atoms with Crippen molar-refractivity contribution in [1.29, 1.82) is 0 Å². The number of imide groups is 1. The molecule has 0 spiro atoms. The van der Waals surface area contributed by atoms with Crippen LogP contribution in [0.1, 0.15) is 74.9 Å². The molecule has 0 bridgehead atoms. The fourth-order valence-corrected chi connectivity index (χ4v) is 3.04. The average molecular weight is 350 g/mol. The molecule has 0 aromatic heterocycles. The number of nitrogens with one attached hydrogen (secondary N) is 1. The number of carbonyl (C=O) groups excluding carboxylic acids is 3. The number of benzene rings is 2. The monoisotopic (exact) mass is 350 g/mol. The number of carbonyl (C=O) groups is 3. The smallest absolute Gasteiger partial charge is 0.261 e. The Balaban J connectivity index is 1.76. The Kier molecular flexibility index (Phi) is 4.64. The first-order valence-corrected chi connectivity index (χ1v) is 8.66. The maximum absolute atomic E-state index is 12.6. The number of rotatable bonds is 4. The van der Waals surface area contributed by atoms with E-state index < -0.39 is 0 Å². The maximum Gasteiger partial charge on any atom is 0.261 e. The summed E-state index contributed by atoms with van der Waals surface area (Å²) in [7, 11) is 1.44. The van der Waals surface area contributed by atoms with Crippen LogP contribution in [0, 0.1) is 0 Å². The van der Waals surface area contributed by atoms with Crippen LogP contribution in [0.3, 0.4) is 0 Å². The molecule has 2 aromatic carbocycles. The van der Waals surface area contributed by atoms with Crippen molar-refractivity contribution in [2.24, 2.45) is 0 Å². The first-order chi connectivity index (χ1) is 12.3. The standard InChI is InChI=1S/C21H22N2O3/c1-12(2)14-5-7-15(8-6-14)13(3)22-19(24)16-9-10-17-18(11-16)21(26)23(4)20(17)25/h5-13H,1-4H3,(H,22,24)/t13-/m0/s1. The third kappa shape index (κ3) is 3.12. The molecule has 3 amide bonds. The number of nitrogens with zero attached hydrogens (tertiary/aromatic N) is 1. The molecule has 1 atom stereocenters. The molecular formula is C21H22N2O3. The Morgan fingerprint density at radius 2 is 1.46 bits per heavy atom. The molecule has 26 heavy (non-hydrogen) atoms. The summed E-state index contributed by atoms with van der Waals surface area (Å²) < 4.78 is 0. The molecular weight excluding hydrogens is 328 g/mol. The molecule has 2 aromatic rings. The van der Waals surface area contributed by atoms with Gasteiger partial charge in [-0.25, -0.2) is 0 Å². The van der Waals surface area contributed by atoms with Crippen LogP contribution in [0.25, 0.3) is 0 Å². The van der Waals surface area contributed by atoms with Gasteiger partial charge in [0.1, 0.15) is 0 Å². The van der Waals surface area contributed by atoms with Crippen LogP contribution in [0.2, 0.25) is 0 Å². The summed E-state index contributed by atoms with van der Waals surface area (Å²) >= 11 is 0. The molecule has 1 aliphatic rings. The van der Waals surface area contributed by atoms with Crippen molar-refractivity contribution in [2.45, 2.75) is 32.7 Å². The lowest BCUT2D eigenvalue weighted by molar-refractivity contribution is 0.0693. The molecule has 5 heteroatoms.